The van der Waals surface area contributed by atoms with Crippen LogP contribution in [-0.4, -0.2) is 23.3 Å². The molecule has 0 heterocycles. The van der Waals surface area contributed by atoms with Gasteiger partial charge in [0.2, 0.25) is 11.8 Å². The van der Waals surface area contributed by atoms with Crippen molar-refractivity contribution in [3.8, 4) is 0 Å². The summed E-state index contributed by atoms with van der Waals surface area (Å²) in [6.07, 6.45) is -0.0751. The number of rotatable bonds is 8. The topological polar surface area (TPSA) is 106 Å². The van der Waals surface area contributed by atoms with Crippen molar-refractivity contribution in [2.24, 2.45) is 5.10 Å². The van der Waals surface area contributed by atoms with Crippen LogP contribution in [0.25, 0.3) is 0 Å². The van der Waals surface area contributed by atoms with E-state index in [0.29, 0.717) is 13.2 Å². The monoisotopic (exact) mass is 356 g/mol. The second-order valence-electron chi connectivity index (χ2n) is 5.26. The fraction of sp³-hybridized carbons (Fsp3) is 0.222. The Labute approximate surface area is 151 Å². The molecule has 1 amide bonds. The standard InChI is InChI=1S/C18H20N4O4/c1-2-26-18(12-17(23)19-13-14-8-4-3-5-9-14)21-20-15-10-6-7-11-16(15)22(24)25/h3-11,20H,2,12-13H2,1H3,(H,19,23)/b21-18-. The van der Waals surface area contributed by atoms with Crippen molar-refractivity contribution in [2.75, 3.05) is 12.0 Å². The van der Waals surface area contributed by atoms with E-state index in [4.69, 9.17) is 4.74 Å². The molecular weight excluding hydrogens is 336 g/mol. The van der Waals surface area contributed by atoms with Crippen LogP contribution in [0.3, 0.4) is 0 Å². The van der Waals surface area contributed by atoms with Crippen LogP contribution >= 0.6 is 0 Å². The van der Waals surface area contributed by atoms with E-state index in [9.17, 15) is 14.9 Å². The molecule has 2 aromatic rings. The number of nitrogens with zero attached hydrogens (tertiary/aromatic N) is 2. The van der Waals surface area contributed by atoms with Crippen molar-refractivity contribution in [3.63, 3.8) is 0 Å². The number of benzene rings is 2. The van der Waals surface area contributed by atoms with Gasteiger partial charge in [-0.2, -0.15) is 0 Å². The van der Waals surface area contributed by atoms with E-state index in [1.54, 1.807) is 19.1 Å². The SMILES string of the molecule is CCO/C(CC(=O)NCc1ccccc1)=N\Nc1ccccc1[N+](=O)[O-]. The summed E-state index contributed by atoms with van der Waals surface area (Å²) in [5.74, 6) is -0.110. The maximum atomic E-state index is 12.1. The molecule has 0 spiro atoms. The molecule has 0 aromatic heterocycles. The number of hydrazone groups is 1. The molecule has 0 bridgehead atoms. The minimum atomic E-state index is -0.509. The second kappa shape index (κ2) is 9.77. The maximum absolute atomic E-state index is 12.1. The normalized spacial score (nSPS) is 10.9. The highest BCUT2D eigenvalue weighted by Crippen LogP contribution is 2.23. The van der Waals surface area contributed by atoms with Crippen molar-refractivity contribution in [1.29, 1.82) is 0 Å². The predicted octanol–water partition coefficient (Wildman–Crippen LogP) is 3.06. The van der Waals surface area contributed by atoms with Crippen LogP contribution in [-0.2, 0) is 16.1 Å². The van der Waals surface area contributed by atoms with E-state index in [1.165, 1.54) is 12.1 Å². The molecule has 0 saturated heterocycles. The maximum Gasteiger partial charge on any atom is 0.294 e. The van der Waals surface area contributed by atoms with Crippen LogP contribution < -0.4 is 10.7 Å². The molecule has 8 heteroatoms. The van der Waals surface area contributed by atoms with Gasteiger partial charge >= 0.3 is 0 Å². The molecule has 0 aliphatic carbocycles. The number of amides is 1. The lowest BCUT2D eigenvalue weighted by Gasteiger charge is -2.09. The first-order valence-corrected chi connectivity index (χ1v) is 8.09. The van der Waals surface area contributed by atoms with Crippen LogP contribution in [0.4, 0.5) is 11.4 Å². The third-order valence-electron chi connectivity index (χ3n) is 3.36. The molecular formula is C18H20N4O4. The van der Waals surface area contributed by atoms with E-state index in [2.05, 4.69) is 15.8 Å². The Morgan fingerprint density at radius 1 is 1.15 bits per heavy atom. The van der Waals surface area contributed by atoms with Gasteiger partial charge in [-0.1, -0.05) is 42.5 Å². The summed E-state index contributed by atoms with van der Waals surface area (Å²) < 4.78 is 5.34. The Morgan fingerprint density at radius 2 is 1.85 bits per heavy atom. The lowest BCUT2D eigenvalue weighted by molar-refractivity contribution is -0.384. The Balaban J connectivity index is 1.98. The second-order valence-corrected chi connectivity index (χ2v) is 5.26. The third-order valence-corrected chi connectivity index (χ3v) is 3.36. The van der Waals surface area contributed by atoms with Crippen molar-refractivity contribution in [3.05, 3.63) is 70.3 Å². The number of ether oxygens (including phenoxy) is 1. The van der Waals surface area contributed by atoms with Gasteiger partial charge in [0.1, 0.15) is 12.1 Å². The van der Waals surface area contributed by atoms with E-state index in [0.717, 1.165) is 5.56 Å². The number of carbonyl (C=O) groups is 1. The van der Waals surface area contributed by atoms with Gasteiger partial charge in [0.15, 0.2) is 0 Å². The van der Waals surface area contributed by atoms with Crippen molar-refractivity contribution >= 4 is 23.2 Å². The molecule has 0 radical (unpaired) electrons. The molecule has 0 fully saturated rings. The van der Waals surface area contributed by atoms with Crippen LogP contribution in [0.15, 0.2) is 59.7 Å². The fourth-order valence-corrected chi connectivity index (χ4v) is 2.14. The molecule has 26 heavy (non-hydrogen) atoms. The molecule has 8 nitrogen and oxygen atoms in total. The Hall–Kier alpha value is -3.42. The number of anilines is 1. The van der Waals surface area contributed by atoms with Gasteiger partial charge in [-0.3, -0.25) is 20.3 Å². The fourth-order valence-electron chi connectivity index (χ4n) is 2.14. The van der Waals surface area contributed by atoms with Crippen LogP contribution in [0.2, 0.25) is 0 Å². The first kappa shape index (κ1) is 18.9. The van der Waals surface area contributed by atoms with E-state index in [-0.39, 0.29) is 29.6 Å². The predicted molar refractivity (Wildman–Crippen MR) is 98.7 cm³/mol. The summed E-state index contributed by atoms with van der Waals surface area (Å²) in [5, 5.41) is 17.8. The lowest BCUT2D eigenvalue weighted by atomic mass is 10.2. The number of nitro benzene ring substituents is 1. The van der Waals surface area contributed by atoms with Gasteiger partial charge < -0.3 is 10.1 Å². The van der Waals surface area contributed by atoms with Gasteiger partial charge in [-0.05, 0) is 18.6 Å². The molecule has 2 N–H and O–H groups in total. The summed E-state index contributed by atoms with van der Waals surface area (Å²) in [4.78, 5) is 22.6. The van der Waals surface area contributed by atoms with Crippen molar-refractivity contribution < 1.29 is 14.5 Å². The quantitative estimate of drug-likeness (QED) is 0.327. The largest absolute Gasteiger partial charge is 0.480 e. The van der Waals surface area contributed by atoms with Crippen LogP contribution in [0, 0.1) is 10.1 Å². The summed E-state index contributed by atoms with van der Waals surface area (Å²) in [5.41, 5.74) is 3.69. The minimum Gasteiger partial charge on any atom is -0.480 e. The summed E-state index contributed by atoms with van der Waals surface area (Å²) >= 11 is 0. The zero-order valence-electron chi connectivity index (χ0n) is 14.3. The van der Waals surface area contributed by atoms with E-state index < -0.39 is 4.92 Å². The number of nitrogens with one attached hydrogen (secondary N) is 2. The highest BCUT2D eigenvalue weighted by atomic mass is 16.6. The first-order valence-electron chi connectivity index (χ1n) is 8.09. The number of nitro groups is 1. The smallest absolute Gasteiger partial charge is 0.294 e. The van der Waals surface area contributed by atoms with Gasteiger partial charge in [-0.25, -0.2) is 0 Å². The number of carbonyl (C=O) groups excluding carboxylic acids is 1. The molecule has 0 saturated carbocycles. The number of para-hydroxylation sites is 2. The Kier molecular flexibility index (Phi) is 7.11. The molecule has 0 aliphatic heterocycles. The molecule has 0 aliphatic rings. The van der Waals surface area contributed by atoms with Gasteiger partial charge in [-0.15, -0.1) is 5.10 Å². The highest BCUT2D eigenvalue weighted by molar-refractivity contribution is 5.97. The average Bonchev–Trinajstić information content (AvgIpc) is 2.65. The summed E-state index contributed by atoms with van der Waals surface area (Å²) in [7, 11) is 0. The first-order chi connectivity index (χ1) is 12.6. The zero-order valence-corrected chi connectivity index (χ0v) is 14.3. The molecule has 136 valence electrons. The lowest BCUT2D eigenvalue weighted by Crippen LogP contribution is -2.26. The Bertz CT molecular complexity index is 778. The van der Waals surface area contributed by atoms with Crippen molar-refractivity contribution in [1.82, 2.24) is 5.32 Å². The van der Waals surface area contributed by atoms with Crippen molar-refractivity contribution in [2.45, 2.75) is 19.9 Å². The molecule has 2 rings (SSSR count). The minimum absolute atomic E-state index is 0.0751. The molecule has 0 atom stereocenters. The van der Waals surface area contributed by atoms with Gasteiger partial charge in [0.05, 0.1) is 11.5 Å². The third kappa shape index (κ3) is 5.90. The number of hydrogen-bond acceptors (Lipinski definition) is 6. The van der Waals surface area contributed by atoms with Crippen LogP contribution in [0.5, 0.6) is 0 Å². The zero-order chi connectivity index (χ0) is 18.8. The van der Waals surface area contributed by atoms with Gasteiger partial charge in [0, 0.05) is 12.6 Å². The molecule has 0 unspecified atom stereocenters. The highest BCUT2D eigenvalue weighted by Gasteiger charge is 2.13. The van der Waals surface area contributed by atoms with Gasteiger partial charge in [0.25, 0.3) is 5.69 Å². The number of hydrogen-bond donors (Lipinski definition) is 2. The Morgan fingerprint density at radius 3 is 2.54 bits per heavy atom. The van der Waals surface area contributed by atoms with E-state index in [1.807, 2.05) is 30.3 Å². The molecule has 2 aromatic carbocycles. The van der Waals surface area contributed by atoms with Crippen LogP contribution in [0.1, 0.15) is 18.9 Å². The average molecular weight is 356 g/mol. The summed E-state index contributed by atoms with van der Waals surface area (Å²) in [6, 6.07) is 15.6. The summed E-state index contributed by atoms with van der Waals surface area (Å²) in [6.45, 7) is 2.49. The van der Waals surface area contributed by atoms with E-state index >= 15 is 0 Å².